The second-order valence-electron chi connectivity index (χ2n) is 2.92. The van der Waals surface area contributed by atoms with E-state index >= 15 is 0 Å². The zero-order chi connectivity index (χ0) is 12.3. The van der Waals surface area contributed by atoms with Crippen LogP contribution in [0.2, 0.25) is 5.02 Å². The molecule has 1 aromatic rings. The molecule has 0 saturated carbocycles. The minimum absolute atomic E-state index is 0.0676. The Morgan fingerprint density at radius 2 is 2.00 bits per heavy atom. The Morgan fingerprint density at radius 3 is 2.50 bits per heavy atom. The van der Waals surface area contributed by atoms with Gasteiger partial charge in [0.25, 0.3) is 0 Å². The van der Waals surface area contributed by atoms with Crippen molar-refractivity contribution in [2.45, 2.75) is 12.7 Å². The second kappa shape index (κ2) is 4.69. The third kappa shape index (κ3) is 3.37. The van der Waals surface area contributed by atoms with E-state index in [1.54, 1.807) is 5.32 Å². The summed E-state index contributed by atoms with van der Waals surface area (Å²) in [4.78, 5) is 10.4. The van der Waals surface area contributed by atoms with Crippen molar-refractivity contribution in [3.05, 3.63) is 34.6 Å². The van der Waals surface area contributed by atoms with Crippen molar-refractivity contribution >= 4 is 17.5 Å². The summed E-state index contributed by atoms with van der Waals surface area (Å²) in [7, 11) is 0. The fourth-order valence-electron chi connectivity index (χ4n) is 0.941. The van der Waals surface area contributed by atoms with E-state index in [0.29, 0.717) is 0 Å². The van der Waals surface area contributed by atoms with Gasteiger partial charge in [-0.05, 0) is 12.1 Å². The van der Waals surface area contributed by atoms with E-state index in [1.165, 1.54) is 12.1 Å². The molecule has 0 aliphatic heterocycles. The Balaban J connectivity index is 2.65. The summed E-state index contributed by atoms with van der Waals surface area (Å²) in [6.07, 6.45) is -4.97. The smallest absolute Gasteiger partial charge is 0.344 e. The Hall–Kier alpha value is -1.30. The third-order valence-corrected chi connectivity index (χ3v) is 1.95. The third-order valence-electron chi connectivity index (χ3n) is 1.71. The van der Waals surface area contributed by atoms with Gasteiger partial charge in [-0.15, -0.1) is 0 Å². The average molecular weight is 256 g/mol. The maximum absolute atomic E-state index is 13.1. The van der Waals surface area contributed by atoms with Crippen LogP contribution in [0.25, 0.3) is 0 Å². The fraction of sp³-hybridized carbons (Fsp3) is 0.222. The van der Waals surface area contributed by atoms with Gasteiger partial charge in [-0.3, -0.25) is 4.79 Å². The van der Waals surface area contributed by atoms with Crippen molar-refractivity contribution in [2.24, 2.45) is 0 Å². The maximum Gasteiger partial charge on any atom is 0.471 e. The lowest BCUT2D eigenvalue weighted by Gasteiger charge is -2.08. The van der Waals surface area contributed by atoms with Crippen LogP contribution in [0.3, 0.4) is 0 Å². The average Bonchev–Trinajstić information content (AvgIpc) is 2.14. The number of hydrogen-bond acceptors (Lipinski definition) is 1. The predicted molar refractivity (Wildman–Crippen MR) is 49.3 cm³/mol. The predicted octanol–water partition coefficient (Wildman–Crippen LogP) is 2.66. The van der Waals surface area contributed by atoms with Crippen LogP contribution in [0.4, 0.5) is 17.6 Å². The Labute approximate surface area is 93.2 Å². The Kier molecular flexibility index (Phi) is 3.74. The van der Waals surface area contributed by atoms with Gasteiger partial charge >= 0.3 is 12.1 Å². The van der Waals surface area contributed by atoms with Crippen molar-refractivity contribution < 1.29 is 22.4 Å². The van der Waals surface area contributed by atoms with Crippen LogP contribution < -0.4 is 5.32 Å². The topological polar surface area (TPSA) is 29.1 Å². The zero-order valence-corrected chi connectivity index (χ0v) is 8.49. The lowest BCUT2D eigenvalue weighted by molar-refractivity contribution is -0.173. The molecule has 0 radical (unpaired) electrons. The molecule has 1 aromatic carbocycles. The number of amides is 1. The van der Waals surface area contributed by atoms with Gasteiger partial charge in [-0.1, -0.05) is 17.7 Å². The van der Waals surface area contributed by atoms with E-state index in [9.17, 15) is 22.4 Å². The molecule has 1 amide bonds. The van der Waals surface area contributed by atoms with Crippen molar-refractivity contribution in [2.75, 3.05) is 0 Å². The summed E-state index contributed by atoms with van der Waals surface area (Å²) >= 11 is 5.44. The number of alkyl halides is 3. The molecular formula is C9H6ClF4NO. The maximum atomic E-state index is 13.1. The molecule has 16 heavy (non-hydrogen) atoms. The zero-order valence-electron chi connectivity index (χ0n) is 7.74. The van der Waals surface area contributed by atoms with Gasteiger partial charge in [0.2, 0.25) is 0 Å². The summed E-state index contributed by atoms with van der Waals surface area (Å²) in [5, 5.41) is 1.68. The summed E-state index contributed by atoms with van der Waals surface area (Å²) in [6.45, 7) is -0.540. The van der Waals surface area contributed by atoms with Crippen molar-refractivity contribution in [3.63, 3.8) is 0 Å². The largest absolute Gasteiger partial charge is 0.471 e. The van der Waals surface area contributed by atoms with Gasteiger partial charge < -0.3 is 5.32 Å². The van der Waals surface area contributed by atoms with E-state index in [1.807, 2.05) is 0 Å². The number of benzene rings is 1. The van der Waals surface area contributed by atoms with Crippen molar-refractivity contribution in [1.82, 2.24) is 5.32 Å². The van der Waals surface area contributed by atoms with Crippen LogP contribution in [0.15, 0.2) is 18.2 Å². The highest BCUT2D eigenvalue weighted by atomic mass is 35.5. The molecule has 1 rings (SSSR count). The van der Waals surface area contributed by atoms with E-state index < -0.39 is 24.4 Å². The monoisotopic (exact) mass is 255 g/mol. The molecule has 0 fully saturated rings. The minimum atomic E-state index is -4.97. The molecule has 0 saturated heterocycles. The van der Waals surface area contributed by atoms with Crippen LogP contribution in [0.1, 0.15) is 5.56 Å². The number of hydrogen-bond donors (Lipinski definition) is 1. The first-order valence-corrected chi connectivity index (χ1v) is 4.47. The molecular weight excluding hydrogens is 250 g/mol. The first kappa shape index (κ1) is 12.8. The van der Waals surface area contributed by atoms with Gasteiger partial charge in [0.05, 0.1) is 0 Å². The summed E-state index contributed by atoms with van der Waals surface area (Å²) in [5.74, 6) is -2.88. The normalized spacial score (nSPS) is 11.3. The molecule has 0 unspecified atom stereocenters. The molecule has 1 N–H and O–H groups in total. The van der Waals surface area contributed by atoms with E-state index in [2.05, 4.69) is 0 Å². The summed E-state index contributed by atoms with van der Waals surface area (Å²) in [6, 6.07) is 3.48. The first-order chi connectivity index (χ1) is 7.30. The SMILES string of the molecule is O=C(NCc1ccc(Cl)cc1F)C(F)(F)F. The van der Waals surface area contributed by atoms with Crippen LogP contribution in [0.5, 0.6) is 0 Å². The number of carbonyl (C=O) groups is 1. The Morgan fingerprint density at radius 1 is 1.38 bits per heavy atom. The van der Waals surface area contributed by atoms with Crippen LogP contribution in [-0.2, 0) is 11.3 Å². The van der Waals surface area contributed by atoms with E-state index in [0.717, 1.165) is 6.07 Å². The van der Waals surface area contributed by atoms with Crippen LogP contribution >= 0.6 is 11.6 Å². The lowest BCUT2D eigenvalue weighted by Crippen LogP contribution is -2.36. The molecule has 2 nitrogen and oxygen atoms in total. The van der Waals surface area contributed by atoms with Gasteiger partial charge in [0.15, 0.2) is 0 Å². The first-order valence-electron chi connectivity index (χ1n) is 4.09. The van der Waals surface area contributed by atoms with Gasteiger partial charge in [0, 0.05) is 17.1 Å². The number of halogens is 5. The van der Waals surface area contributed by atoms with Crippen LogP contribution in [-0.4, -0.2) is 12.1 Å². The van der Waals surface area contributed by atoms with Crippen LogP contribution in [0, 0.1) is 5.82 Å². The molecule has 0 spiro atoms. The highest BCUT2D eigenvalue weighted by Gasteiger charge is 2.38. The van der Waals surface area contributed by atoms with E-state index in [4.69, 9.17) is 11.6 Å². The molecule has 0 heterocycles. The lowest BCUT2D eigenvalue weighted by atomic mass is 10.2. The standard InChI is InChI=1S/C9H6ClF4NO/c10-6-2-1-5(7(11)3-6)4-15-8(16)9(12,13)14/h1-3H,4H2,(H,15,16). The molecule has 0 aromatic heterocycles. The van der Waals surface area contributed by atoms with Gasteiger partial charge in [-0.2, -0.15) is 13.2 Å². The number of rotatable bonds is 2. The second-order valence-corrected chi connectivity index (χ2v) is 3.35. The highest BCUT2D eigenvalue weighted by molar-refractivity contribution is 6.30. The van der Waals surface area contributed by atoms with Crippen molar-refractivity contribution in [3.8, 4) is 0 Å². The molecule has 88 valence electrons. The van der Waals surface area contributed by atoms with Crippen molar-refractivity contribution in [1.29, 1.82) is 0 Å². The molecule has 7 heteroatoms. The molecule has 0 bridgehead atoms. The van der Waals surface area contributed by atoms with E-state index in [-0.39, 0.29) is 10.6 Å². The quantitative estimate of drug-likeness (QED) is 0.809. The number of carbonyl (C=O) groups excluding carboxylic acids is 1. The van der Waals surface area contributed by atoms with Gasteiger partial charge in [-0.25, -0.2) is 4.39 Å². The minimum Gasteiger partial charge on any atom is -0.344 e. The Bertz CT molecular complexity index is 405. The summed E-state index contributed by atoms with van der Waals surface area (Å²) in [5.41, 5.74) is -0.0676. The summed E-state index contributed by atoms with van der Waals surface area (Å²) < 4.78 is 48.4. The highest BCUT2D eigenvalue weighted by Crippen LogP contribution is 2.16. The molecule has 0 aliphatic carbocycles. The molecule has 0 atom stereocenters. The number of nitrogens with one attached hydrogen (secondary N) is 1. The fourth-order valence-corrected chi connectivity index (χ4v) is 1.10. The van der Waals surface area contributed by atoms with Gasteiger partial charge in [0.1, 0.15) is 5.82 Å². The molecule has 0 aliphatic rings.